The maximum absolute atomic E-state index is 2.00. The monoisotopic (exact) mass is 62.1 g/mol. The van der Waals surface area contributed by atoms with Gasteiger partial charge in [-0.2, -0.15) is 0 Å². The van der Waals surface area contributed by atoms with E-state index >= 15 is 0 Å². The summed E-state index contributed by atoms with van der Waals surface area (Å²) in [6, 6.07) is 0. The van der Waals surface area contributed by atoms with E-state index in [1.807, 2.05) is 14.7 Å². The summed E-state index contributed by atoms with van der Waals surface area (Å²) >= 11 is 0. The Kier molecular flexibility index (Phi) is 115. The van der Waals surface area contributed by atoms with Crippen LogP contribution >= 0.6 is 0 Å². The first-order chi connectivity index (χ1) is 1.00. The standard InChI is InChI=1S/CH5B.Li.Mg.3H/c1-2;;;;;/h2H2,1H3;;;;;. The van der Waals surface area contributed by atoms with E-state index in [1.165, 1.54) is 0 Å². The summed E-state index contributed by atoms with van der Waals surface area (Å²) in [7, 11) is 2.00. The van der Waals surface area contributed by atoms with Crippen molar-refractivity contribution in [1.29, 1.82) is 0 Å². The van der Waals surface area contributed by atoms with Gasteiger partial charge in [0.05, 0.1) is 7.85 Å². The van der Waals surface area contributed by atoms with E-state index in [0.29, 0.717) is 0 Å². The molecule has 0 saturated heterocycles. The zero-order valence-electron chi connectivity index (χ0n) is 2.00. The van der Waals surface area contributed by atoms with Crippen LogP contribution in [0.5, 0.6) is 0 Å². The summed E-state index contributed by atoms with van der Waals surface area (Å²) in [5, 5.41) is 0. The van der Waals surface area contributed by atoms with Gasteiger partial charge in [0.15, 0.2) is 0 Å². The molecule has 0 bridgehead atoms. The Morgan fingerprint density at radius 2 is 1.25 bits per heavy atom. The summed E-state index contributed by atoms with van der Waals surface area (Å²) in [4.78, 5) is 0. The second kappa shape index (κ2) is 25.5. The van der Waals surface area contributed by atoms with Crippen LogP contribution in [0.3, 0.4) is 0 Å². The van der Waals surface area contributed by atoms with E-state index < -0.39 is 0 Å². The van der Waals surface area contributed by atoms with Crippen molar-refractivity contribution in [3.63, 3.8) is 0 Å². The van der Waals surface area contributed by atoms with Gasteiger partial charge in [-0.15, -0.1) is 0 Å². The van der Waals surface area contributed by atoms with Gasteiger partial charge in [0.1, 0.15) is 0 Å². The van der Waals surface area contributed by atoms with Crippen LogP contribution in [0.4, 0.5) is 0 Å². The number of hydrogen-bond donors (Lipinski definition) is 0. The molecule has 0 atom stereocenters. The fourth-order valence-electron chi connectivity index (χ4n) is 0. The first-order valence-corrected chi connectivity index (χ1v) is 1.00. The minimum Gasteiger partial charge on any atom is 0.316 e. The molecule has 18 valence electrons. The third-order valence-corrected chi connectivity index (χ3v) is 0. The summed E-state index contributed by atoms with van der Waals surface area (Å²) in [6.45, 7) is 2.00. The van der Waals surface area contributed by atoms with Gasteiger partial charge in [-0.05, 0) is 0 Å². The van der Waals surface area contributed by atoms with E-state index in [-0.39, 0.29) is 41.9 Å². The van der Waals surface area contributed by atoms with Crippen LogP contribution in [-0.4, -0.2) is 49.8 Å². The summed E-state index contributed by atoms with van der Waals surface area (Å²) in [5.41, 5.74) is 0. The molecule has 0 fully saturated rings. The van der Waals surface area contributed by atoms with Crippen LogP contribution < -0.4 is 0 Å². The molecular formula is CH8BLiMg. The normalized spacial score (nSPS) is 1.25. The molecule has 0 spiro atoms. The Balaban J connectivity index is -0.00000000500. The summed E-state index contributed by atoms with van der Waals surface area (Å²) in [5.74, 6) is 0. The van der Waals surface area contributed by atoms with Crippen molar-refractivity contribution >= 4 is 49.8 Å². The topological polar surface area (TPSA) is 0 Å². The van der Waals surface area contributed by atoms with Gasteiger partial charge in [-0.3, -0.25) is 0 Å². The molecule has 0 aromatic rings. The largest absolute Gasteiger partial charge is 0.316 e. The van der Waals surface area contributed by atoms with Crippen LogP contribution in [0.15, 0.2) is 0 Å². The van der Waals surface area contributed by atoms with Crippen molar-refractivity contribution in [1.82, 2.24) is 0 Å². The third kappa shape index (κ3) is 9.91. The van der Waals surface area contributed by atoms with Crippen molar-refractivity contribution in [2.24, 2.45) is 0 Å². The van der Waals surface area contributed by atoms with E-state index in [9.17, 15) is 0 Å². The van der Waals surface area contributed by atoms with Gasteiger partial charge < -0.3 is 0 Å². The Hall–Kier alpha value is 1.43. The predicted molar refractivity (Wildman–Crippen MR) is 30.1 cm³/mol. The molecule has 0 unspecified atom stereocenters. The Morgan fingerprint density at radius 1 is 1.25 bits per heavy atom. The van der Waals surface area contributed by atoms with Gasteiger partial charge in [-0.25, -0.2) is 0 Å². The Morgan fingerprint density at radius 3 is 1.25 bits per heavy atom. The van der Waals surface area contributed by atoms with Gasteiger partial charge in [0.2, 0.25) is 0 Å². The van der Waals surface area contributed by atoms with Crippen molar-refractivity contribution in [3.8, 4) is 0 Å². The Bertz CT molecular complexity index is 8.00. The average Bonchev–Trinajstić information content (AvgIpc) is 1.00. The maximum atomic E-state index is 2.00. The zero-order valence-corrected chi connectivity index (χ0v) is 2.00. The van der Waals surface area contributed by atoms with Crippen LogP contribution in [0.2, 0.25) is 6.82 Å². The minimum atomic E-state index is 0. The van der Waals surface area contributed by atoms with Gasteiger partial charge in [0.25, 0.3) is 0 Å². The molecule has 4 heavy (non-hydrogen) atoms. The molecule has 0 amide bonds. The van der Waals surface area contributed by atoms with Crippen molar-refractivity contribution in [2.75, 3.05) is 0 Å². The van der Waals surface area contributed by atoms with Crippen LogP contribution in [0, 0.1) is 0 Å². The SMILES string of the molecule is BC.[LiH].[MgH2]. The first kappa shape index (κ1) is 18.1. The van der Waals surface area contributed by atoms with Crippen LogP contribution in [0.25, 0.3) is 0 Å². The molecule has 0 heterocycles. The zero-order chi connectivity index (χ0) is 2.00. The van der Waals surface area contributed by atoms with E-state index in [0.717, 1.165) is 0 Å². The van der Waals surface area contributed by atoms with Crippen molar-refractivity contribution in [3.05, 3.63) is 0 Å². The molecule has 0 nitrogen and oxygen atoms in total. The second-order valence-electron chi connectivity index (χ2n) is 0. The van der Waals surface area contributed by atoms with Gasteiger partial charge in [-0.1, -0.05) is 6.82 Å². The smallest absolute Gasteiger partial charge is 0.316 e. The van der Waals surface area contributed by atoms with Crippen molar-refractivity contribution in [2.45, 2.75) is 6.82 Å². The molecule has 3 heteroatoms. The molecular weight excluding hydrogens is 54.1 g/mol. The third-order valence-electron chi connectivity index (χ3n) is 0. The molecule has 0 radical (unpaired) electrons. The number of hydrogen-bond acceptors (Lipinski definition) is 0. The van der Waals surface area contributed by atoms with E-state index in [2.05, 4.69) is 0 Å². The first-order valence-electron chi connectivity index (χ1n) is 1.00. The molecule has 0 aliphatic rings. The fraction of sp³-hybridized carbons (Fsp3) is 1.00. The molecule has 0 aromatic heterocycles. The average molecular weight is 62.1 g/mol. The maximum Gasteiger partial charge on any atom is 0.316 e. The minimum absolute atomic E-state index is 0. The number of rotatable bonds is 0. The molecule has 0 aliphatic carbocycles. The molecule has 0 N–H and O–H groups in total. The Labute approximate surface area is 56.5 Å². The summed E-state index contributed by atoms with van der Waals surface area (Å²) in [6.07, 6.45) is 0. The predicted octanol–water partition coefficient (Wildman–Crippen LogP) is -1.90. The van der Waals surface area contributed by atoms with E-state index in [4.69, 9.17) is 0 Å². The fourth-order valence-corrected chi connectivity index (χ4v) is 0. The van der Waals surface area contributed by atoms with Crippen molar-refractivity contribution < 1.29 is 0 Å². The van der Waals surface area contributed by atoms with Crippen LogP contribution in [0.1, 0.15) is 0 Å². The quantitative estimate of drug-likeness (QED) is 0.288. The molecule has 0 aliphatic heterocycles. The molecule has 0 rings (SSSR count). The second-order valence-corrected chi connectivity index (χ2v) is 0. The van der Waals surface area contributed by atoms with E-state index in [1.54, 1.807) is 0 Å². The van der Waals surface area contributed by atoms with Crippen LogP contribution in [-0.2, 0) is 0 Å². The molecule has 0 saturated carbocycles. The molecule has 0 aromatic carbocycles. The summed E-state index contributed by atoms with van der Waals surface area (Å²) < 4.78 is 0. The van der Waals surface area contributed by atoms with Gasteiger partial charge >= 0.3 is 41.9 Å². The van der Waals surface area contributed by atoms with Gasteiger partial charge in [0, 0.05) is 0 Å².